The number of carbonyl (C=O) groups excluding carboxylic acids is 1. The van der Waals surface area contributed by atoms with Crippen molar-refractivity contribution in [3.05, 3.63) is 29.8 Å². The van der Waals surface area contributed by atoms with Crippen molar-refractivity contribution in [1.29, 1.82) is 0 Å². The van der Waals surface area contributed by atoms with Crippen molar-refractivity contribution < 1.29 is 44.9 Å². The molecule has 1 fully saturated rings. The third kappa shape index (κ3) is 4.02. The van der Waals surface area contributed by atoms with Gasteiger partial charge >= 0.3 is 5.97 Å². The largest absolute Gasteiger partial charge is 0.504 e. The standard InChI is InChI=1S/C15H18O9/c16-6-10-12(20)13(21)14(15(22)23-10)24-11(19)4-2-7-1-3-8(17)9(18)5-7/h1-5,10,12-18,20-22H,6H2/b4-2+/t10-,12-,13-,14-,15-/m1/s1. The Morgan fingerprint density at radius 1 is 1.17 bits per heavy atom. The molecule has 0 radical (unpaired) electrons. The average molecular weight is 342 g/mol. The molecule has 1 aliphatic rings. The fraction of sp³-hybridized carbons (Fsp3) is 0.400. The van der Waals surface area contributed by atoms with Gasteiger partial charge in [-0.2, -0.15) is 0 Å². The van der Waals surface area contributed by atoms with E-state index in [9.17, 15) is 30.3 Å². The Bertz CT molecular complexity index is 615. The number of phenolic OH excluding ortho intramolecular Hbond substituents is 2. The Morgan fingerprint density at radius 2 is 1.88 bits per heavy atom. The van der Waals surface area contributed by atoms with Crippen molar-refractivity contribution in [2.45, 2.75) is 30.7 Å². The van der Waals surface area contributed by atoms with Crippen molar-refractivity contribution in [2.75, 3.05) is 6.61 Å². The zero-order chi connectivity index (χ0) is 17.9. The molecule has 1 heterocycles. The van der Waals surface area contributed by atoms with Crippen LogP contribution in [0.5, 0.6) is 11.5 Å². The predicted molar refractivity (Wildman–Crippen MR) is 78.7 cm³/mol. The molecule has 0 spiro atoms. The van der Waals surface area contributed by atoms with Gasteiger partial charge in [0.05, 0.1) is 6.61 Å². The smallest absolute Gasteiger partial charge is 0.331 e. The second-order valence-electron chi connectivity index (χ2n) is 5.21. The van der Waals surface area contributed by atoms with Crippen LogP contribution in [0.3, 0.4) is 0 Å². The first kappa shape index (κ1) is 18.2. The van der Waals surface area contributed by atoms with E-state index in [1.54, 1.807) is 0 Å². The number of hydrogen-bond donors (Lipinski definition) is 6. The lowest BCUT2D eigenvalue weighted by atomic mass is 9.99. The summed E-state index contributed by atoms with van der Waals surface area (Å²) in [5, 5.41) is 56.7. The zero-order valence-electron chi connectivity index (χ0n) is 12.4. The maximum absolute atomic E-state index is 11.8. The number of aliphatic hydroxyl groups excluding tert-OH is 4. The van der Waals surface area contributed by atoms with E-state index in [-0.39, 0.29) is 11.5 Å². The molecule has 9 nitrogen and oxygen atoms in total. The summed E-state index contributed by atoms with van der Waals surface area (Å²) in [5.74, 6) is -1.62. The van der Waals surface area contributed by atoms with E-state index in [2.05, 4.69) is 0 Å². The molecule has 0 aromatic heterocycles. The topological polar surface area (TPSA) is 157 Å². The molecule has 6 N–H and O–H groups in total. The molecule has 1 aromatic rings. The Hall–Kier alpha value is -2.17. The number of aromatic hydroxyl groups is 2. The van der Waals surface area contributed by atoms with Crippen LogP contribution < -0.4 is 0 Å². The van der Waals surface area contributed by atoms with Crippen LogP contribution in [0.4, 0.5) is 0 Å². The first-order chi connectivity index (χ1) is 11.3. The number of esters is 1. The Labute approximate surface area is 136 Å². The van der Waals surface area contributed by atoms with Crippen molar-refractivity contribution in [2.24, 2.45) is 0 Å². The summed E-state index contributed by atoms with van der Waals surface area (Å²) < 4.78 is 9.71. The predicted octanol–water partition coefficient (Wildman–Crippen LogP) is -1.55. The quantitative estimate of drug-likeness (QED) is 0.217. The molecular formula is C15H18O9. The van der Waals surface area contributed by atoms with Crippen molar-refractivity contribution in [3.63, 3.8) is 0 Å². The van der Waals surface area contributed by atoms with E-state index in [1.165, 1.54) is 24.3 Å². The molecular weight excluding hydrogens is 324 g/mol. The highest BCUT2D eigenvalue weighted by molar-refractivity contribution is 5.87. The van der Waals surface area contributed by atoms with Gasteiger partial charge in [-0.05, 0) is 23.8 Å². The Morgan fingerprint density at radius 3 is 2.50 bits per heavy atom. The van der Waals surface area contributed by atoms with Crippen LogP contribution in [0.1, 0.15) is 5.56 Å². The summed E-state index contributed by atoms with van der Waals surface area (Å²) in [6.07, 6.45) is -5.37. The van der Waals surface area contributed by atoms with Crippen molar-refractivity contribution in [3.8, 4) is 11.5 Å². The zero-order valence-corrected chi connectivity index (χ0v) is 12.4. The maximum Gasteiger partial charge on any atom is 0.331 e. The lowest BCUT2D eigenvalue weighted by Crippen LogP contribution is -2.59. The number of rotatable bonds is 4. The number of phenols is 2. The van der Waals surface area contributed by atoms with E-state index in [1.807, 2.05) is 0 Å². The number of benzene rings is 1. The van der Waals surface area contributed by atoms with E-state index in [4.69, 9.17) is 14.6 Å². The van der Waals surface area contributed by atoms with Gasteiger partial charge in [0.1, 0.15) is 18.3 Å². The van der Waals surface area contributed by atoms with Crippen LogP contribution in [0.25, 0.3) is 6.08 Å². The lowest BCUT2D eigenvalue weighted by Gasteiger charge is -2.39. The van der Waals surface area contributed by atoms with E-state index < -0.39 is 43.3 Å². The van der Waals surface area contributed by atoms with Crippen LogP contribution in [0.2, 0.25) is 0 Å². The summed E-state index contributed by atoms with van der Waals surface area (Å²) in [6.45, 7) is -0.625. The number of aliphatic hydroxyl groups is 4. The summed E-state index contributed by atoms with van der Waals surface area (Å²) >= 11 is 0. The summed E-state index contributed by atoms with van der Waals surface area (Å²) in [4.78, 5) is 11.8. The van der Waals surface area contributed by atoms with Gasteiger partial charge in [-0.25, -0.2) is 4.79 Å². The number of ether oxygens (including phenoxy) is 2. The molecule has 9 heteroatoms. The summed E-state index contributed by atoms with van der Waals surface area (Å²) in [7, 11) is 0. The van der Waals surface area contributed by atoms with Gasteiger partial charge in [-0.3, -0.25) is 0 Å². The first-order valence-electron chi connectivity index (χ1n) is 7.04. The highest BCUT2D eigenvalue weighted by atomic mass is 16.7. The third-order valence-electron chi connectivity index (χ3n) is 3.51. The van der Waals surface area contributed by atoms with Gasteiger partial charge in [0, 0.05) is 6.08 Å². The van der Waals surface area contributed by atoms with Crippen LogP contribution in [0.15, 0.2) is 24.3 Å². The lowest BCUT2D eigenvalue weighted by molar-refractivity contribution is -0.289. The van der Waals surface area contributed by atoms with Gasteiger partial charge in [0.25, 0.3) is 0 Å². The van der Waals surface area contributed by atoms with Gasteiger partial charge in [0.2, 0.25) is 0 Å². The average Bonchev–Trinajstić information content (AvgIpc) is 2.56. The first-order valence-corrected chi connectivity index (χ1v) is 7.04. The molecule has 0 bridgehead atoms. The Balaban J connectivity index is 2.00. The second kappa shape index (κ2) is 7.60. The van der Waals surface area contributed by atoms with E-state index >= 15 is 0 Å². The highest BCUT2D eigenvalue weighted by Gasteiger charge is 2.45. The summed E-state index contributed by atoms with van der Waals surface area (Å²) in [6, 6.07) is 3.87. The van der Waals surface area contributed by atoms with Crippen molar-refractivity contribution >= 4 is 12.0 Å². The second-order valence-corrected chi connectivity index (χ2v) is 5.21. The van der Waals surface area contributed by atoms with E-state index in [0.29, 0.717) is 5.56 Å². The van der Waals surface area contributed by atoms with Gasteiger partial charge < -0.3 is 40.1 Å². The minimum absolute atomic E-state index is 0.312. The fourth-order valence-corrected chi connectivity index (χ4v) is 2.18. The third-order valence-corrected chi connectivity index (χ3v) is 3.51. The van der Waals surface area contributed by atoms with Crippen LogP contribution in [0, 0.1) is 0 Å². The normalized spacial score (nSPS) is 30.4. The number of hydrogen-bond acceptors (Lipinski definition) is 9. The van der Waals surface area contributed by atoms with E-state index in [0.717, 1.165) is 6.08 Å². The van der Waals surface area contributed by atoms with Gasteiger partial charge in [-0.1, -0.05) is 6.07 Å². The summed E-state index contributed by atoms with van der Waals surface area (Å²) in [5.41, 5.74) is 0.392. The molecule has 1 aromatic carbocycles. The Kier molecular flexibility index (Phi) is 5.75. The maximum atomic E-state index is 11.8. The van der Waals surface area contributed by atoms with Crippen LogP contribution in [-0.2, 0) is 14.3 Å². The molecule has 0 aliphatic carbocycles. The molecule has 0 unspecified atom stereocenters. The SMILES string of the molecule is O=C(/C=C/c1ccc(O)c(O)c1)O[C@@H]1[C@H](O)[C@H](O)[C@@H](CO)O[C@H]1O. The van der Waals surface area contributed by atoms with Crippen LogP contribution >= 0.6 is 0 Å². The fourth-order valence-electron chi connectivity index (χ4n) is 2.18. The van der Waals surface area contributed by atoms with Gasteiger partial charge in [0.15, 0.2) is 23.9 Å². The minimum Gasteiger partial charge on any atom is -0.504 e. The molecule has 5 atom stereocenters. The molecule has 2 rings (SSSR count). The minimum atomic E-state index is -1.71. The highest BCUT2D eigenvalue weighted by Crippen LogP contribution is 2.26. The molecule has 132 valence electrons. The molecule has 1 aliphatic heterocycles. The number of carbonyl (C=O) groups is 1. The van der Waals surface area contributed by atoms with Gasteiger partial charge in [-0.15, -0.1) is 0 Å². The molecule has 24 heavy (non-hydrogen) atoms. The van der Waals surface area contributed by atoms with Crippen LogP contribution in [-0.4, -0.2) is 73.9 Å². The molecule has 1 saturated heterocycles. The van der Waals surface area contributed by atoms with Crippen molar-refractivity contribution in [1.82, 2.24) is 0 Å². The molecule has 0 amide bonds. The monoisotopic (exact) mass is 342 g/mol. The molecule has 0 saturated carbocycles.